The van der Waals surface area contributed by atoms with E-state index in [0.717, 1.165) is 10.4 Å². The molecule has 1 rings (SSSR count). The average Bonchev–Trinajstić information content (AvgIpc) is 2.15. The van der Waals surface area contributed by atoms with Gasteiger partial charge in [0, 0.05) is 15.2 Å². The van der Waals surface area contributed by atoms with Crippen LogP contribution < -0.4 is 0 Å². The van der Waals surface area contributed by atoms with Gasteiger partial charge in [-0.25, -0.2) is 0 Å². The van der Waals surface area contributed by atoms with E-state index in [4.69, 9.17) is 11.6 Å². The Kier molecular flexibility index (Phi) is 5.92. The molecule has 0 amide bonds. The fourth-order valence-corrected chi connectivity index (χ4v) is 2.35. The number of rotatable bonds is 5. The van der Waals surface area contributed by atoms with Crippen LogP contribution in [0.1, 0.15) is 12.8 Å². The SMILES string of the molecule is Clc1ccc(SCCCCBr)cc1. The summed E-state index contributed by atoms with van der Waals surface area (Å²) in [5.41, 5.74) is 0. The van der Waals surface area contributed by atoms with Crippen molar-refractivity contribution in [2.45, 2.75) is 17.7 Å². The van der Waals surface area contributed by atoms with Gasteiger partial charge in [0.25, 0.3) is 0 Å². The van der Waals surface area contributed by atoms with E-state index in [1.54, 1.807) is 0 Å². The van der Waals surface area contributed by atoms with Gasteiger partial charge in [0.15, 0.2) is 0 Å². The van der Waals surface area contributed by atoms with Crippen LogP contribution >= 0.6 is 39.3 Å². The zero-order valence-corrected chi connectivity index (χ0v) is 10.5. The minimum atomic E-state index is 0.810. The second-order valence-electron chi connectivity index (χ2n) is 2.70. The number of halogens is 2. The Bertz CT molecular complexity index is 235. The van der Waals surface area contributed by atoms with Gasteiger partial charge in [-0.1, -0.05) is 27.5 Å². The monoisotopic (exact) mass is 278 g/mol. The molecule has 0 aliphatic heterocycles. The highest BCUT2D eigenvalue weighted by Gasteiger charge is 1.93. The van der Waals surface area contributed by atoms with Crippen LogP contribution in [-0.2, 0) is 0 Å². The minimum Gasteiger partial charge on any atom is -0.126 e. The molecule has 0 aliphatic rings. The first-order valence-electron chi connectivity index (χ1n) is 4.27. The molecule has 13 heavy (non-hydrogen) atoms. The van der Waals surface area contributed by atoms with Crippen molar-refractivity contribution in [1.29, 1.82) is 0 Å². The molecule has 0 saturated carbocycles. The number of hydrogen-bond donors (Lipinski definition) is 0. The van der Waals surface area contributed by atoms with Gasteiger partial charge in [-0.15, -0.1) is 11.8 Å². The molecule has 1 aromatic rings. The minimum absolute atomic E-state index is 0.810. The molecule has 0 saturated heterocycles. The van der Waals surface area contributed by atoms with E-state index in [0.29, 0.717) is 0 Å². The molecule has 0 bridgehead atoms. The first-order valence-corrected chi connectivity index (χ1v) is 6.76. The molecule has 0 radical (unpaired) electrons. The maximum atomic E-state index is 5.78. The van der Waals surface area contributed by atoms with Crippen LogP contribution in [0.25, 0.3) is 0 Å². The van der Waals surface area contributed by atoms with Gasteiger partial charge in [-0.3, -0.25) is 0 Å². The number of benzene rings is 1. The molecule has 0 nitrogen and oxygen atoms in total. The summed E-state index contributed by atoms with van der Waals surface area (Å²) in [7, 11) is 0. The predicted octanol–water partition coefficient (Wildman–Crippen LogP) is 4.61. The number of hydrogen-bond acceptors (Lipinski definition) is 1. The third-order valence-electron chi connectivity index (χ3n) is 1.61. The van der Waals surface area contributed by atoms with Crippen LogP contribution in [0.4, 0.5) is 0 Å². The largest absolute Gasteiger partial charge is 0.126 e. The molecular formula is C10H12BrClS. The van der Waals surface area contributed by atoms with E-state index in [9.17, 15) is 0 Å². The highest BCUT2D eigenvalue weighted by Crippen LogP contribution is 2.21. The van der Waals surface area contributed by atoms with E-state index in [1.165, 1.54) is 23.5 Å². The van der Waals surface area contributed by atoms with Crippen molar-refractivity contribution in [2.75, 3.05) is 11.1 Å². The van der Waals surface area contributed by atoms with Crippen LogP contribution in [0.15, 0.2) is 29.2 Å². The first kappa shape index (κ1) is 11.4. The quantitative estimate of drug-likeness (QED) is 0.431. The maximum absolute atomic E-state index is 5.78. The molecular weight excluding hydrogens is 268 g/mol. The Morgan fingerprint density at radius 1 is 1.15 bits per heavy atom. The van der Waals surface area contributed by atoms with Crippen molar-refractivity contribution >= 4 is 39.3 Å². The van der Waals surface area contributed by atoms with E-state index >= 15 is 0 Å². The van der Waals surface area contributed by atoms with Crippen molar-refractivity contribution in [3.05, 3.63) is 29.3 Å². The zero-order valence-electron chi connectivity index (χ0n) is 7.30. The fourth-order valence-electron chi connectivity index (χ4n) is 0.917. The van der Waals surface area contributed by atoms with Gasteiger partial charge in [0.05, 0.1) is 0 Å². The maximum Gasteiger partial charge on any atom is 0.0406 e. The third-order valence-corrected chi connectivity index (χ3v) is 3.52. The third kappa shape index (κ3) is 4.94. The Hall–Kier alpha value is 0.340. The van der Waals surface area contributed by atoms with Crippen LogP contribution in [0.2, 0.25) is 5.02 Å². The smallest absolute Gasteiger partial charge is 0.0406 e. The van der Waals surface area contributed by atoms with Gasteiger partial charge >= 0.3 is 0 Å². The van der Waals surface area contributed by atoms with Gasteiger partial charge in [-0.05, 0) is 42.9 Å². The van der Waals surface area contributed by atoms with Crippen molar-refractivity contribution in [3.8, 4) is 0 Å². The molecule has 0 heterocycles. The molecule has 0 N–H and O–H groups in total. The lowest BCUT2D eigenvalue weighted by molar-refractivity contribution is 0.913. The summed E-state index contributed by atoms with van der Waals surface area (Å²) in [5, 5.41) is 1.92. The molecule has 3 heteroatoms. The summed E-state index contributed by atoms with van der Waals surface area (Å²) in [6.07, 6.45) is 2.51. The standard InChI is InChI=1S/C10H12BrClS/c11-7-1-2-8-13-10-5-3-9(12)4-6-10/h3-6H,1-2,7-8H2. The Morgan fingerprint density at radius 3 is 2.46 bits per heavy atom. The van der Waals surface area contributed by atoms with Gasteiger partial charge in [0.1, 0.15) is 0 Å². The topological polar surface area (TPSA) is 0 Å². The highest BCUT2D eigenvalue weighted by molar-refractivity contribution is 9.09. The second kappa shape index (κ2) is 6.74. The van der Waals surface area contributed by atoms with Crippen LogP contribution in [-0.4, -0.2) is 11.1 Å². The van der Waals surface area contributed by atoms with Crippen LogP contribution in [0.3, 0.4) is 0 Å². The molecule has 0 atom stereocenters. The number of thioether (sulfide) groups is 1. The Labute approximate surface area is 97.2 Å². The number of unbranched alkanes of at least 4 members (excludes halogenated alkanes) is 1. The van der Waals surface area contributed by atoms with E-state index in [1.807, 2.05) is 23.9 Å². The van der Waals surface area contributed by atoms with Crippen molar-refractivity contribution in [3.63, 3.8) is 0 Å². The summed E-state index contributed by atoms with van der Waals surface area (Å²) in [6, 6.07) is 8.02. The molecule has 0 spiro atoms. The lowest BCUT2D eigenvalue weighted by Crippen LogP contribution is -1.81. The summed E-state index contributed by atoms with van der Waals surface area (Å²) >= 11 is 11.1. The summed E-state index contributed by atoms with van der Waals surface area (Å²) in [4.78, 5) is 1.30. The van der Waals surface area contributed by atoms with Crippen LogP contribution in [0, 0.1) is 0 Å². The summed E-state index contributed by atoms with van der Waals surface area (Å²) in [6.45, 7) is 0. The van der Waals surface area contributed by atoms with E-state index in [2.05, 4.69) is 28.1 Å². The summed E-state index contributed by atoms with van der Waals surface area (Å²) in [5.74, 6) is 1.19. The molecule has 1 aromatic carbocycles. The molecule has 72 valence electrons. The zero-order chi connectivity index (χ0) is 9.52. The molecule has 0 aromatic heterocycles. The highest BCUT2D eigenvalue weighted by atomic mass is 79.9. The normalized spacial score (nSPS) is 10.3. The van der Waals surface area contributed by atoms with Gasteiger partial charge in [-0.2, -0.15) is 0 Å². The van der Waals surface area contributed by atoms with Gasteiger partial charge < -0.3 is 0 Å². The lowest BCUT2D eigenvalue weighted by Gasteiger charge is -2.00. The van der Waals surface area contributed by atoms with E-state index < -0.39 is 0 Å². The number of alkyl halides is 1. The average molecular weight is 280 g/mol. The van der Waals surface area contributed by atoms with Crippen molar-refractivity contribution < 1.29 is 0 Å². The molecule has 0 fully saturated rings. The predicted molar refractivity (Wildman–Crippen MR) is 65.2 cm³/mol. The Morgan fingerprint density at radius 2 is 1.85 bits per heavy atom. The van der Waals surface area contributed by atoms with Gasteiger partial charge in [0.2, 0.25) is 0 Å². The second-order valence-corrected chi connectivity index (χ2v) is 5.10. The summed E-state index contributed by atoms with van der Waals surface area (Å²) < 4.78 is 0. The Balaban J connectivity index is 2.25. The van der Waals surface area contributed by atoms with Crippen molar-refractivity contribution in [2.24, 2.45) is 0 Å². The van der Waals surface area contributed by atoms with Crippen molar-refractivity contribution in [1.82, 2.24) is 0 Å². The fraction of sp³-hybridized carbons (Fsp3) is 0.400. The van der Waals surface area contributed by atoms with E-state index in [-0.39, 0.29) is 0 Å². The molecule has 0 unspecified atom stereocenters. The van der Waals surface area contributed by atoms with Crippen LogP contribution in [0.5, 0.6) is 0 Å². The lowest BCUT2D eigenvalue weighted by atomic mass is 10.4. The molecule has 0 aliphatic carbocycles. The first-order chi connectivity index (χ1) is 6.33.